The molecule has 0 saturated carbocycles. The Morgan fingerprint density at radius 3 is 2.67 bits per heavy atom. The normalized spacial score (nSPS) is 10.2. The Bertz CT molecular complexity index is 349. The van der Waals surface area contributed by atoms with Crippen molar-refractivity contribution in [2.45, 2.75) is 19.9 Å². The SMILES string of the molecule is CC(C)N(C)C(=O)c1cccc(NN)c1. The zero-order valence-corrected chi connectivity index (χ0v) is 9.32. The van der Waals surface area contributed by atoms with Crippen LogP contribution >= 0.6 is 0 Å². The van der Waals surface area contributed by atoms with Crippen molar-refractivity contribution in [3.8, 4) is 0 Å². The average Bonchev–Trinajstić information content (AvgIpc) is 2.27. The van der Waals surface area contributed by atoms with E-state index in [2.05, 4.69) is 5.43 Å². The first-order valence-corrected chi connectivity index (χ1v) is 4.90. The largest absolute Gasteiger partial charge is 0.339 e. The van der Waals surface area contributed by atoms with Gasteiger partial charge in [0.25, 0.3) is 5.91 Å². The number of hydrogen-bond acceptors (Lipinski definition) is 3. The maximum absolute atomic E-state index is 11.9. The minimum Gasteiger partial charge on any atom is -0.339 e. The average molecular weight is 207 g/mol. The third-order valence-electron chi connectivity index (χ3n) is 2.37. The molecule has 4 nitrogen and oxygen atoms in total. The lowest BCUT2D eigenvalue weighted by Gasteiger charge is -2.21. The number of nitrogens with zero attached hydrogens (tertiary/aromatic N) is 1. The number of carbonyl (C=O) groups excluding carboxylic acids is 1. The second kappa shape index (κ2) is 4.79. The Kier molecular flexibility index (Phi) is 3.68. The van der Waals surface area contributed by atoms with E-state index in [0.717, 1.165) is 5.69 Å². The summed E-state index contributed by atoms with van der Waals surface area (Å²) < 4.78 is 0. The number of nitrogens with two attached hydrogens (primary N) is 1. The van der Waals surface area contributed by atoms with Crippen LogP contribution in [0.15, 0.2) is 24.3 Å². The molecule has 0 heterocycles. The maximum atomic E-state index is 11.9. The Hall–Kier alpha value is -1.55. The van der Waals surface area contributed by atoms with Gasteiger partial charge in [0.2, 0.25) is 0 Å². The third kappa shape index (κ3) is 2.70. The van der Waals surface area contributed by atoms with Crippen molar-refractivity contribution in [2.75, 3.05) is 12.5 Å². The van der Waals surface area contributed by atoms with E-state index in [9.17, 15) is 4.79 Å². The molecular weight excluding hydrogens is 190 g/mol. The van der Waals surface area contributed by atoms with Crippen molar-refractivity contribution in [3.63, 3.8) is 0 Å². The van der Waals surface area contributed by atoms with Crippen molar-refractivity contribution in [2.24, 2.45) is 5.84 Å². The fourth-order valence-electron chi connectivity index (χ4n) is 1.18. The van der Waals surface area contributed by atoms with Crippen LogP contribution in [0.3, 0.4) is 0 Å². The molecule has 0 aliphatic heterocycles. The van der Waals surface area contributed by atoms with Crippen molar-refractivity contribution < 1.29 is 4.79 Å². The summed E-state index contributed by atoms with van der Waals surface area (Å²) in [5.41, 5.74) is 3.89. The molecule has 0 radical (unpaired) electrons. The summed E-state index contributed by atoms with van der Waals surface area (Å²) in [6.45, 7) is 3.95. The highest BCUT2D eigenvalue weighted by Crippen LogP contribution is 2.12. The third-order valence-corrected chi connectivity index (χ3v) is 2.37. The minimum absolute atomic E-state index is 0.00194. The topological polar surface area (TPSA) is 58.4 Å². The van der Waals surface area contributed by atoms with Crippen LogP contribution < -0.4 is 11.3 Å². The standard InChI is InChI=1S/C11H17N3O/c1-8(2)14(3)11(15)9-5-4-6-10(7-9)13-12/h4-8,13H,12H2,1-3H3. The summed E-state index contributed by atoms with van der Waals surface area (Å²) in [6.07, 6.45) is 0. The van der Waals surface area contributed by atoms with Gasteiger partial charge in [0.1, 0.15) is 0 Å². The Morgan fingerprint density at radius 2 is 2.13 bits per heavy atom. The highest BCUT2D eigenvalue weighted by molar-refractivity contribution is 5.95. The molecule has 0 aliphatic rings. The first-order chi connectivity index (χ1) is 7.06. The van der Waals surface area contributed by atoms with E-state index in [1.54, 1.807) is 30.1 Å². The maximum Gasteiger partial charge on any atom is 0.253 e. The van der Waals surface area contributed by atoms with Crippen molar-refractivity contribution in [1.82, 2.24) is 4.90 Å². The number of nitrogen functional groups attached to an aromatic ring is 1. The molecule has 1 aromatic rings. The van der Waals surface area contributed by atoms with E-state index in [4.69, 9.17) is 5.84 Å². The quantitative estimate of drug-likeness (QED) is 0.582. The number of benzene rings is 1. The van der Waals surface area contributed by atoms with E-state index in [0.29, 0.717) is 5.56 Å². The molecule has 1 amide bonds. The Labute approximate surface area is 90.0 Å². The second-order valence-corrected chi connectivity index (χ2v) is 3.73. The van der Waals surface area contributed by atoms with Crippen LogP contribution in [0.2, 0.25) is 0 Å². The van der Waals surface area contributed by atoms with Crippen LogP contribution in [0, 0.1) is 0 Å². The van der Waals surface area contributed by atoms with Gasteiger partial charge in [-0.2, -0.15) is 0 Å². The molecule has 0 fully saturated rings. The number of hydrazine groups is 1. The highest BCUT2D eigenvalue weighted by atomic mass is 16.2. The molecular formula is C11H17N3O. The summed E-state index contributed by atoms with van der Waals surface area (Å²) in [7, 11) is 1.79. The lowest BCUT2D eigenvalue weighted by Crippen LogP contribution is -2.33. The van der Waals surface area contributed by atoms with Gasteiger partial charge >= 0.3 is 0 Å². The fourth-order valence-corrected chi connectivity index (χ4v) is 1.18. The monoisotopic (exact) mass is 207 g/mol. The van der Waals surface area contributed by atoms with E-state index in [1.807, 2.05) is 19.9 Å². The van der Waals surface area contributed by atoms with Gasteiger partial charge in [-0.25, -0.2) is 0 Å². The van der Waals surface area contributed by atoms with Crippen molar-refractivity contribution >= 4 is 11.6 Å². The summed E-state index contributed by atoms with van der Waals surface area (Å²) in [5.74, 6) is 5.28. The molecule has 3 N–H and O–H groups in total. The van der Waals surface area contributed by atoms with Crippen molar-refractivity contribution in [1.29, 1.82) is 0 Å². The molecule has 0 aromatic heterocycles. The number of anilines is 1. The molecule has 0 bridgehead atoms. The van der Waals surface area contributed by atoms with Gasteiger partial charge in [-0.3, -0.25) is 10.6 Å². The van der Waals surface area contributed by atoms with Crippen LogP contribution in [-0.4, -0.2) is 23.9 Å². The predicted molar refractivity (Wildman–Crippen MR) is 61.5 cm³/mol. The molecule has 15 heavy (non-hydrogen) atoms. The number of carbonyl (C=O) groups is 1. The lowest BCUT2D eigenvalue weighted by molar-refractivity contribution is 0.0755. The summed E-state index contributed by atoms with van der Waals surface area (Å²) in [5, 5.41) is 0. The Balaban J connectivity index is 2.91. The highest BCUT2D eigenvalue weighted by Gasteiger charge is 2.14. The zero-order valence-electron chi connectivity index (χ0n) is 9.32. The van der Waals surface area contributed by atoms with Crippen LogP contribution in [-0.2, 0) is 0 Å². The summed E-state index contributed by atoms with van der Waals surface area (Å²) in [6, 6.07) is 7.32. The van der Waals surface area contributed by atoms with Gasteiger partial charge in [-0.1, -0.05) is 6.07 Å². The first-order valence-electron chi connectivity index (χ1n) is 4.90. The predicted octanol–water partition coefficient (Wildman–Crippen LogP) is 1.45. The fraction of sp³-hybridized carbons (Fsp3) is 0.364. The Morgan fingerprint density at radius 1 is 1.47 bits per heavy atom. The lowest BCUT2D eigenvalue weighted by atomic mass is 10.1. The molecule has 1 aromatic carbocycles. The van der Waals surface area contributed by atoms with Crippen molar-refractivity contribution in [3.05, 3.63) is 29.8 Å². The number of hydrogen-bond donors (Lipinski definition) is 2. The van der Waals surface area contributed by atoms with Gasteiger partial charge in [0, 0.05) is 24.3 Å². The number of nitrogens with one attached hydrogen (secondary N) is 1. The summed E-state index contributed by atoms with van der Waals surface area (Å²) in [4.78, 5) is 13.6. The molecule has 0 unspecified atom stereocenters. The van der Waals surface area contributed by atoms with E-state index in [-0.39, 0.29) is 11.9 Å². The van der Waals surface area contributed by atoms with Crippen LogP contribution in [0.4, 0.5) is 5.69 Å². The zero-order chi connectivity index (χ0) is 11.4. The van der Waals surface area contributed by atoms with E-state index >= 15 is 0 Å². The molecule has 0 aliphatic carbocycles. The molecule has 0 atom stereocenters. The second-order valence-electron chi connectivity index (χ2n) is 3.73. The smallest absolute Gasteiger partial charge is 0.253 e. The molecule has 82 valence electrons. The molecule has 1 rings (SSSR count). The molecule has 0 spiro atoms. The van der Waals surface area contributed by atoms with Crippen LogP contribution in [0.25, 0.3) is 0 Å². The molecule has 0 saturated heterocycles. The molecule has 4 heteroatoms. The van der Waals surface area contributed by atoms with Gasteiger partial charge < -0.3 is 10.3 Å². The van der Waals surface area contributed by atoms with Gasteiger partial charge in [-0.15, -0.1) is 0 Å². The van der Waals surface area contributed by atoms with Crippen LogP contribution in [0.1, 0.15) is 24.2 Å². The number of amides is 1. The summed E-state index contributed by atoms with van der Waals surface area (Å²) >= 11 is 0. The van der Waals surface area contributed by atoms with Gasteiger partial charge in [0.15, 0.2) is 0 Å². The minimum atomic E-state index is 0.00194. The van der Waals surface area contributed by atoms with Gasteiger partial charge in [-0.05, 0) is 32.0 Å². The number of rotatable bonds is 3. The van der Waals surface area contributed by atoms with E-state index in [1.165, 1.54) is 0 Å². The first kappa shape index (κ1) is 11.5. The van der Waals surface area contributed by atoms with E-state index < -0.39 is 0 Å². The van der Waals surface area contributed by atoms with Gasteiger partial charge in [0.05, 0.1) is 0 Å². The van der Waals surface area contributed by atoms with Crippen LogP contribution in [0.5, 0.6) is 0 Å².